The molecule has 9 nitrogen and oxygen atoms in total. The second-order valence-corrected chi connectivity index (χ2v) is 7.77. The van der Waals surface area contributed by atoms with E-state index in [-0.39, 0.29) is 35.8 Å². The smallest absolute Gasteiger partial charge is 0.437 e. The van der Waals surface area contributed by atoms with Crippen LogP contribution in [0.2, 0.25) is 0 Å². The van der Waals surface area contributed by atoms with Crippen LogP contribution in [-0.2, 0) is 12.7 Å². The zero-order valence-electron chi connectivity index (χ0n) is 19.3. The molecule has 37 heavy (non-hydrogen) atoms. The van der Waals surface area contributed by atoms with Crippen LogP contribution in [0.4, 0.5) is 22.0 Å². The number of hydrogen-bond acceptors (Lipinski definition) is 7. The average Bonchev–Trinajstić information content (AvgIpc) is 2.82. The van der Waals surface area contributed by atoms with E-state index in [0.717, 1.165) is 18.3 Å². The number of pyridine rings is 1. The van der Waals surface area contributed by atoms with E-state index in [1.54, 1.807) is 13.0 Å². The van der Waals surface area contributed by atoms with Gasteiger partial charge in [0.2, 0.25) is 17.6 Å². The molecule has 3 aromatic rings. The van der Waals surface area contributed by atoms with Gasteiger partial charge in [-0.15, -0.1) is 0 Å². The van der Waals surface area contributed by atoms with Gasteiger partial charge >= 0.3 is 6.18 Å². The van der Waals surface area contributed by atoms with Gasteiger partial charge in [0, 0.05) is 22.8 Å². The topological polar surface area (TPSA) is 124 Å². The number of hydrogen-bond donors (Lipinski definition) is 1. The fourth-order valence-electron chi connectivity index (χ4n) is 3.32. The van der Waals surface area contributed by atoms with Gasteiger partial charge in [0.05, 0.1) is 24.6 Å². The third kappa shape index (κ3) is 5.95. The van der Waals surface area contributed by atoms with Crippen LogP contribution in [0.1, 0.15) is 40.1 Å². The van der Waals surface area contributed by atoms with Gasteiger partial charge in [-0.25, -0.2) is 13.8 Å². The summed E-state index contributed by atoms with van der Waals surface area (Å²) in [7, 11) is 0. The van der Waals surface area contributed by atoms with Gasteiger partial charge in [0.25, 0.3) is 12.0 Å². The van der Waals surface area contributed by atoms with Crippen LogP contribution in [0.15, 0.2) is 35.5 Å². The number of alkyl halides is 5. The Labute approximate surface area is 206 Å². The third-order valence-corrected chi connectivity index (χ3v) is 5.20. The number of aryl methyl sites for hydroxylation is 1. The lowest BCUT2D eigenvalue weighted by atomic mass is 10.0. The Hall–Kier alpha value is -4.25. The van der Waals surface area contributed by atoms with Crippen molar-refractivity contribution in [2.75, 3.05) is 13.2 Å². The molecule has 1 N–H and O–H groups in total. The van der Waals surface area contributed by atoms with Crippen molar-refractivity contribution >= 4 is 0 Å². The van der Waals surface area contributed by atoms with E-state index >= 15 is 0 Å². The molecule has 0 aliphatic carbocycles. The van der Waals surface area contributed by atoms with Crippen molar-refractivity contribution < 1.29 is 41.3 Å². The quantitative estimate of drug-likeness (QED) is 0.271. The number of nitriles is 1. The van der Waals surface area contributed by atoms with E-state index in [1.807, 2.05) is 0 Å². The summed E-state index contributed by atoms with van der Waals surface area (Å²) in [6, 6.07) is 4.58. The molecule has 3 rings (SSSR count). The molecule has 0 bridgehead atoms. The van der Waals surface area contributed by atoms with E-state index in [4.69, 9.17) is 14.6 Å². The van der Waals surface area contributed by atoms with Crippen LogP contribution in [0.5, 0.6) is 17.2 Å². The van der Waals surface area contributed by atoms with Gasteiger partial charge < -0.3 is 19.8 Å². The van der Waals surface area contributed by atoms with Gasteiger partial charge in [-0.2, -0.15) is 23.2 Å². The first kappa shape index (κ1) is 27.3. The minimum atomic E-state index is -5.15. The van der Waals surface area contributed by atoms with Gasteiger partial charge in [0.15, 0.2) is 11.4 Å². The van der Waals surface area contributed by atoms with E-state index in [0.29, 0.717) is 21.2 Å². The fraction of sp³-hybridized carbons (Fsp3) is 0.304. The van der Waals surface area contributed by atoms with Crippen molar-refractivity contribution in [2.24, 2.45) is 0 Å². The van der Waals surface area contributed by atoms with E-state index in [9.17, 15) is 37.2 Å². The van der Waals surface area contributed by atoms with E-state index in [2.05, 4.69) is 4.98 Å². The molecule has 0 saturated heterocycles. The van der Waals surface area contributed by atoms with Crippen molar-refractivity contribution in [1.82, 2.24) is 9.55 Å². The van der Waals surface area contributed by atoms with Crippen LogP contribution in [0, 0.1) is 30.4 Å². The standard InChI is InChI=1S/C23H19F5N4O5/c1-12-5-16(32(35)10-18(12)36-4-3-33)9-31-11-30-20(23(26,27)28)19(22(31)34)37-17-7-14(21(24)25)6-15(8-29)13(17)2/h5-7,10-11,21,33H,3-4,9H2,1-2H3. The van der Waals surface area contributed by atoms with Crippen molar-refractivity contribution in [1.29, 1.82) is 5.26 Å². The summed E-state index contributed by atoms with van der Waals surface area (Å²) in [6.45, 7) is 1.93. The molecular formula is C23H19F5N4O5. The lowest BCUT2D eigenvalue weighted by Gasteiger charge is -2.17. The first-order chi connectivity index (χ1) is 17.4. The lowest BCUT2D eigenvalue weighted by molar-refractivity contribution is -0.614. The molecule has 196 valence electrons. The molecule has 0 atom stereocenters. The van der Waals surface area contributed by atoms with Crippen molar-refractivity contribution in [3.8, 4) is 23.3 Å². The number of nitrogens with zero attached hydrogens (tertiary/aromatic N) is 4. The highest BCUT2D eigenvalue weighted by molar-refractivity contribution is 5.50. The Bertz CT molecular complexity index is 1420. The molecule has 0 spiro atoms. The minimum absolute atomic E-state index is 0.0638. The van der Waals surface area contributed by atoms with Gasteiger partial charge in [-0.1, -0.05) is 0 Å². The molecular weight excluding hydrogens is 507 g/mol. The lowest BCUT2D eigenvalue weighted by Crippen LogP contribution is -2.36. The SMILES string of the molecule is Cc1cc(Cn2cnc(C(F)(F)F)c(Oc3cc(C(F)F)cc(C#N)c3C)c2=O)[n+]([O-])cc1OCCO. The molecule has 0 unspecified atom stereocenters. The van der Waals surface area contributed by atoms with E-state index < -0.39 is 47.5 Å². The summed E-state index contributed by atoms with van der Waals surface area (Å²) >= 11 is 0. The molecule has 0 aliphatic heterocycles. The first-order valence-corrected chi connectivity index (χ1v) is 10.5. The Kier molecular flexibility index (Phi) is 7.97. The predicted molar refractivity (Wildman–Crippen MR) is 116 cm³/mol. The largest absolute Gasteiger partial charge is 0.618 e. The van der Waals surface area contributed by atoms with Crippen LogP contribution in [-0.4, -0.2) is 27.9 Å². The van der Waals surface area contributed by atoms with Gasteiger partial charge in [0.1, 0.15) is 18.9 Å². The average molecular weight is 526 g/mol. The molecule has 0 radical (unpaired) electrons. The number of aliphatic hydroxyl groups is 1. The molecule has 2 heterocycles. The number of aliphatic hydroxyl groups excluding tert-OH is 1. The molecule has 0 aliphatic rings. The van der Waals surface area contributed by atoms with Crippen molar-refractivity contribution in [3.05, 3.63) is 79.9 Å². The van der Waals surface area contributed by atoms with Gasteiger partial charge in [-0.3, -0.25) is 9.36 Å². The number of halogens is 5. The Morgan fingerprint density at radius 2 is 1.95 bits per heavy atom. The number of aromatic nitrogens is 3. The highest BCUT2D eigenvalue weighted by Crippen LogP contribution is 2.37. The van der Waals surface area contributed by atoms with Crippen molar-refractivity contribution in [3.63, 3.8) is 0 Å². The maximum Gasteiger partial charge on any atom is 0.437 e. The van der Waals surface area contributed by atoms with E-state index in [1.165, 1.54) is 13.0 Å². The van der Waals surface area contributed by atoms with Gasteiger partial charge in [-0.05, 0) is 26.0 Å². The van der Waals surface area contributed by atoms with Crippen LogP contribution >= 0.6 is 0 Å². The summed E-state index contributed by atoms with van der Waals surface area (Å²) in [5.74, 6) is -1.72. The summed E-state index contributed by atoms with van der Waals surface area (Å²) in [5.41, 5.74) is -3.72. The Balaban J connectivity index is 2.11. The number of benzene rings is 1. The number of ether oxygens (including phenoxy) is 2. The molecule has 14 heteroatoms. The molecule has 0 saturated carbocycles. The number of rotatable bonds is 8. The zero-order chi connectivity index (χ0) is 27.5. The summed E-state index contributed by atoms with van der Waals surface area (Å²) in [4.78, 5) is 16.3. The Morgan fingerprint density at radius 1 is 1.24 bits per heavy atom. The maximum absolute atomic E-state index is 13.7. The highest BCUT2D eigenvalue weighted by atomic mass is 19.4. The maximum atomic E-state index is 13.7. The summed E-state index contributed by atoms with van der Waals surface area (Å²) < 4.78 is 79.0. The molecule has 0 amide bonds. The first-order valence-electron chi connectivity index (χ1n) is 10.5. The molecule has 2 aromatic heterocycles. The minimum Gasteiger partial charge on any atom is -0.618 e. The van der Waals surface area contributed by atoms with Crippen molar-refractivity contribution in [2.45, 2.75) is 33.0 Å². The molecule has 0 fully saturated rings. The summed E-state index contributed by atoms with van der Waals surface area (Å²) in [6.07, 6.45) is -6.61. The molecule has 1 aromatic carbocycles. The highest BCUT2D eigenvalue weighted by Gasteiger charge is 2.39. The van der Waals surface area contributed by atoms with Crippen LogP contribution in [0.25, 0.3) is 0 Å². The van der Waals surface area contributed by atoms with Crippen LogP contribution < -0.4 is 19.8 Å². The summed E-state index contributed by atoms with van der Waals surface area (Å²) in [5, 5.41) is 30.5. The Morgan fingerprint density at radius 3 is 2.54 bits per heavy atom. The second-order valence-electron chi connectivity index (χ2n) is 7.77. The second kappa shape index (κ2) is 10.8. The third-order valence-electron chi connectivity index (χ3n) is 5.20. The fourth-order valence-corrected chi connectivity index (χ4v) is 3.32. The zero-order valence-corrected chi connectivity index (χ0v) is 19.3. The normalized spacial score (nSPS) is 11.5. The predicted octanol–water partition coefficient (Wildman–Crippen LogP) is 3.53. The van der Waals surface area contributed by atoms with Crippen LogP contribution in [0.3, 0.4) is 0 Å². The monoisotopic (exact) mass is 526 g/mol.